The minimum absolute atomic E-state index is 0.133. The van der Waals surface area contributed by atoms with Crippen LogP contribution in [-0.2, 0) is 17.9 Å². The van der Waals surface area contributed by atoms with E-state index >= 15 is 0 Å². The molecule has 9 nitrogen and oxygen atoms in total. The minimum atomic E-state index is -1.08. The first-order valence-electron chi connectivity index (χ1n) is 11.9. The number of rotatable bonds is 6. The predicted molar refractivity (Wildman–Crippen MR) is 127 cm³/mol. The zero-order valence-corrected chi connectivity index (χ0v) is 20.1. The number of aromatic nitrogens is 2. The molecule has 3 amide bonds. The summed E-state index contributed by atoms with van der Waals surface area (Å²) >= 11 is 0. The Kier molecular flexibility index (Phi) is 6.90. The molecule has 0 saturated heterocycles. The van der Waals surface area contributed by atoms with Crippen molar-refractivity contribution < 1.29 is 19.1 Å². The molecule has 0 radical (unpaired) electrons. The summed E-state index contributed by atoms with van der Waals surface area (Å²) in [5, 5.41) is 10.4. The van der Waals surface area contributed by atoms with Crippen LogP contribution in [-0.4, -0.2) is 58.1 Å². The Balaban J connectivity index is 1.45. The highest BCUT2D eigenvalue weighted by Gasteiger charge is 2.46. The summed E-state index contributed by atoms with van der Waals surface area (Å²) in [6.07, 6.45) is 6.53. The second-order valence-corrected chi connectivity index (χ2v) is 9.40. The maximum atomic E-state index is 13.3. The fraction of sp³-hybridized carbons (Fsp3) is 0.520. The molecule has 34 heavy (non-hydrogen) atoms. The third-order valence-corrected chi connectivity index (χ3v) is 7.03. The monoisotopic (exact) mass is 467 g/mol. The third-order valence-electron chi connectivity index (χ3n) is 7.03. The topological polar surface area (TPSA) is 106 Å². The zero-order chi connectivity index (χ0) is 24.3. The maximum absolute atomic E-state index is 13.3. The van der Waals surface area contributed by atoms with Gasteiger partial charge < -0.3 is 20.3 Å². The molecule has 9 heteroatoms. The van der Waals surface area contributed by atoms with E-state index in [4.69, 9.17) is 4.74 Å². The van der Waals surface area contributed by atoms with Gasteiger partial charge in [-0.1, -0.05) is 37.8 Å². The molecule has 2 aliphatic rings. The van der Waals surface area contributed by atoms with E-state index in [0.29, 0.717) is 12.2 Å². The summed E-state index contributed by atoms with van der Waals surface area (Å²) in [4.78, 5) is 40.6. The fourth-order valence-corrected chi connectivity index (χ4v) is 4.62. The number of methoxy groups -OCH3 is 1. The zero-order valence-electron chi connectivity index (χ0n) is 20.1. The van der Waals surface area contributed by atoms with Gasteiger partial charge in [-0.15, -0.1) is 0 Å². The number of benzene rings is 1. The van der Waals surface area contributed by atoms with Crippen LogP contribution in [0.2, 0.25) is 0 Å². The molecule has 1 aliphatic heterocycles. The van der Waals surface area contributed by atoms with Crippen LogP contribution in [0.25, 0.3) is 0 Å². The van der Waals surface area contributed by atoms with Crippen LogP contribution in [0, 0.1) is 0 Å². The second kappa shape index (κ2) is 9.87. The first-order chi connectivity index (χ1) is 16.3. The second-order valence-electron chi connectivity index (χ2n) is 9.40. The van der Waals surface area contributed by atoms with Crippen molar-refractivity contribution in [1.29, 1.82) is 0 Å². The number of likely N-dealkylation sites (N-methyl/N-ethyl adjacent to an activating group) is 1. The number of fused-ring (bicyclic) bond motifs is 1. The molecule has 0 spiro atoms. The quantitative estimate of drug-likeness (QED) is 0.635. The molecule has 0 bridgehead atoms. The number of hydrogen-bond acceptors (Lipinski definition) is 5. The largest absolute Gasteiger partial charge is 0.497 e. The van der Waals surface area contributed by atoms with Crippen molar-refractivity contribution in [2.45, 2.75) is 70.1 Å². The Bertz CT molecular complexity index is 1060. The van der Waals surface area contributed by atoms with E-state index < -0.39 is 5.54 Å². The maximum Gasteiger partial charge on any atom is 0.272 e. The first kappa shape index (κ1) is 23.8. The Morgan fingerprint density at radius 3 is 2.47 bits per heavy atom. The Morgan fingerprint density at radius 2 is 1.82 bits per heavy atom. The van der Waals surface area contributed by atoms with E-state index in [2.05, 4.69) is 15.7 Å². The standard InChI is InChI=1S/C25H33N5O4/c1-25(24(33)27-18-8-6-4-5-7-9-18)16-30-21(23(32)29(25)2)14-20(28-30)22(31)26-15-17-10-12-19(34-3)13-11-17/h10-14,18H,4-9,15-16H2,1-3H3,(H,26,31)(H,27,33)/t25-/m1/s1. The van der Waals surface area contributed by atoms with E-state index in [1.54, 1.807) is 21.1 Å². The Labute approximate surface area is 199 Å². The van der Waals surface area contributed by atoms with Gasteiger partial charge in [0.1, 0.15) is 17.0 Å². The number of ether oxygens (including phenoxy) is 1. The smallest absolute Gasteiger partial charge is 0.272 e. The van der Waals surface area contributed by atoms with Crippen molar-refractivity contribution in [1.82, 2.24) is 25.3 Å². The molecule has 2 heterocycles. The van der Waals surface area contributed by atoms with E-state index in [-0.39, 0.29) is 36.0 Å². The molecule has 0 unspecified atom stereocenters. The molecule has 2 N–H and O–H groups in total. The lowest BCUT2D eigenvalue weighted by Gasteiger charge is -2.41. The number of hydrogen-bond donors (Lipinski definition) is 2. The molecule has 1 atom stereocenters. The number of carbonyl (C=O) groups is 3. The number of carbonyl (C=O) groups excluding carboxylic acids is 3. The van der Waals surface area contributed by atoms with Gasteiger partial charge in [0, 0.05) is 25.7 Å². The number of nitrogens with one attached hydrogen (secondary N) is 2. The van der Waals surface area contributed by atoms with Crippen molar-refractivity contribution in [3.63, 3.8) is 0 Å². The third kappa shape index (κ3) is 4.78. The molecule has 1 aliphatic carbocycles. The van der Waals surface area contributed by atoms with Crippen molar-refractivity contribution in [3.8, 4) is 5.75 Å². The van der Waals surface area contributed by atoms with Crippen molar-refractivity contribution in [2.75, 3.05) is 14.2 Å². The van der Waals surface area contributed by atoms with Crippen LogP contribution in [0.15, 0.2) is 30.3 Å². The van der Waals surface area contributed by atoms with Crippen molar-refractivity contribution in [2.24, 2.45) is 0 Å². The summed E-state index contributed by atoms with van der Waals surface area (Å²) in [5.74, 6) is -0.142. The first-order valence-corrected chi connectivity index (χ1v) is 11.9. The Hall–Kier alpha value is -3.36. The van der Waals surface area contributed by atoms with Gasteiger partial charge in [-0.25, -0.2) is 0 Å². The molecular formula is C25H33N5O4. The van der Waals surface area contributed by atoms with E-state index in [1.807, 2.05) is 24.3 Å². The lowest BCUT2D eigenvalue weighted by molar-refractivity contribution is -0.133. The van der Waals surface area contributed by atoms with Gasteiger partial charge in [0.05, 0.1) is 13.7 Å². The molecule has 1 aromatic heterocycles. The van der Waals surface area contributed by atoms with Gasteiger partial charge in [0.15, 0.2) is 5.69 Å². The summed E-state index contributed by atoms with van der Waals surface area (Å²) < 4.78 is 6.63. The minimum Gasteiger partial charge on any atom is -0.497 e. The van der Waals surface area contributed by atoms with Crippen molar-refractivity contribution >= 4 is 17.7 Å². The summed E-state index contributed by atoms with van der Waals surface area (Å²) in [5.41, 5.74) is 0.284. The van der Waals surface area contributed by atoms with Gasteiger partial charge in [-0.2, -0.15) is 5.10 Å². The van der Waals surface area contributed by atoms with E-state index in [9.17, 15) is 14.4 Å². The normalized spacial score (nSPS) is 20.9. The van der Waals surface area contributed by atoms with Gasteiger partial charge in [-0.3, -0.25) is 19.1 Å². The summed E-state index contributed by atoms with van der Waals surface area (Å²) in [7, 11) is 3.23. The Morgan fingerprint density at radius 1 is 1.15 bits per heavy atom. The van der Waals surface area contributed by atoms with Gasteiger partial charge in [-0.05, 0) is 37.5 Å². The molecule has 1 saturated carbocycles. The number of nitrogens with zero attached hydrogens (tertiary/aromatic N) is 3. The highest BCUT2D eigenvalue weighted by molar-refractivity contribution is 6.01. The van der Waals surface area contributed by atoms with Crippen LogP contribution < -0.4 is 15.4 Å². The van der Waals surface area contributed by atoms with Crippen LogP contribution >= 0.6 is 0 Å². The highest BCUT2D eigenvalue weighted by Crippen LogP contribution is 2.27. The van der Waals surface area contributed by atoms with E-state index in [0.717, 1.165) is 37.0 Å². The molecule has 4 rings (SSSR count). The number of amides is 3. The highest BCUT2D eigenvalue weighted by atomic mass is 16.5. The lowest BCUT2D eigenvalue weighted by atomic mass is 9.95. The average Bonchev–Trinajstić information content (AvgIpc) is 3.09. The fourth-order valence-electron chi connectivity index (χ4n) is 4.62. The van der Waals surface area contributed by atoms with Crippen LogP contribution in [0.3, 0.4) is 0 Å². The molecule has 1 aromatic carbocycles. The predicted octanol–water partition coefficient (Wildman–Crippen LogP) is 2.50. The van der Waals surface area contributed by atoms with Gasteiger partial charge in [0.2, 0.25) is 5.91 Å². The van der Waals surface area contributed by atoms with Crippen LogP contribution in [0.5, 0.6) is 5.75 Å². The molecule has 1 fully saturated rings. The lowest BCUT2D eigenvalue weighted by Crippen LogP contribution is -2.63. The summed E-state index contributed by atoms with van der Waals surface area (Å²) in [6, 6.07) is 9.01. The molecule has 2 aromatic rings. The van der Waals surface area contributed by atoms with Gasteiger partial charge in [0.25, 0.3) is 11.8 Å². The molecular weight excluding hydrogens is 434 g/mol. The van der Waals surface area contributed by atoms with Crippen LogP contribution in [0.1, 0.15) is 72.0 Å². The van der Waals surface area contributed by atoms with Crippen LogP contribution in [0.4, 0.5) is 0 Å². The molecule has 182 valence electrons. The summed E-state index contributed by atoms with van der Waals surface area (Å²) in [6.45, 7) is 2.26. The van der Waals surface area contributed by atoms with E-state index in [1.165, 1.54) is 28.5 Å². The van der Waals surface area contributed by atoms with Gasteiger partial charge >= 0.3 is 0 Å². The van der Waals surface area contributed by atoms with Crippen molar-refractivity contribution in [3.05, 3.63) is 47.3 Å². The SMILES string of the molecule is COc1ccc(CNC(=O)c2cc3n(n2)C[C@](C)(C(=O)NC2CCCCCC2)N(C)C3=O)cc1. The average molecular weight is 468 g/mol.